The van der Waals surface area contributed by atoms with E-state index in [0.717, 1.165) is 12.1 Å². The first-order valence-corrected chi connectivity index (χ1v) is 5.51. The molecule has 0 spiro atoms. The third kappa shape index (κ3) is 1.94. The molecule has 19 heavy (non-hydrogen) atoms. The number of hydrogen-bond acceptors (Lipinski definition) is 3. The van der Waals surface area contributed by atoms with Gasteiger partial charge in [-0.25, -0.2) is 0 Å². The summed E-state index contributed by atoms with van der Waals surface area (Å²) >= 11 is 0. The molecule has 6 heteroatoms. The molecular weight excluding hydrogens is 257 g/mol. The average molecular weight is 266 g/mol. The molecule has 0 amide bonds. The predicted octanol–water partition coefficient (Wildman–Crippen LogP) is 2.44. The van der Waals surface area contributed by atoms with Crippen LogP contribution in [0.15, 0.2) is 24.3 Å². The Balaban J connectivity index is 2.31. The molecule has 2 unspecified atom stereocenters. The van der Waals surface area contributed by atoms with E-state index in [0.29, 0.717) is 5.56 Å². The fourth-order valence-electron chi connectivity index (χ4n) is 2.41. The predicted molar refractivity (Wildman–Crippen MR) is 58.4 cm³/mol. The number of nitrogens with zero attached hydrogens (tertiary/aromatic N) is 2. The summed E-state index contributed by atoms with van der Waals surface area (Å²) in [6.45, 7) is -0.340. The van der Waals surface area contributed by atoms with Gasteiger partial charge in [0.2, 0.25) is 0 Å². The van der Waals surface area contributed by atoms with Crippen LogP contribution in [0.4, 0.5) is 13.2 Å². The van der Waals surface area contributed by atoms with E-state index in [2.05, 4.69) is 0 Å². The van der Waals surface area contributed by atoms with Gasteiger partial charge in [0.05, 0.1) is 17.7 Å². The molecule has 2 rings (SSSR count). The molecule has 0 bridgehead atoms. The lowest BCUT2D eigenvalue weighted by atomic mass is 10.0. The van der Waals surface area contributed by atoms with Crippen LogP contribution in [0.25, 0.3) is 0 Å². The summed E-state index contributed by atoms with van der Waals surface area (Å²) in [5.41, 5.74) is -1.64. The van der Waals surface area contributed by atoms with Gasteiger partial charge in [0.15, 0.2) is 5.41 Å². The van der Waals surface area contributed by atoms with Crippen LogP contribution in [-0.4, -0.2) is 11.7 Å². The zero-order chi connectivity index (χ0) is 14.3. The van der Waals surface area contributed by atoms with Gasteiger partial charge in [-0.15, -0.1) is 0 Å². The van der Waals surface area contributed by atoms with Crippen molar-refractivity contribution >= 4 is 0 Å². The third-order valence-corrected chi connectivity index (χ3v) is 3.53. The van der Waals surface area contributed by atoms with Crippen molar-refractivity contribution in [3.8, 4) is 12.1 Å². The van der Waals surface area contributed by atoms with Crippen molar-refractivity contribution in [1.29, 1.82) is 10.5 Å². The van der Waals surface area contributed by atoms with Crippen LogP contribution >= 0.6 is 0 Å². The Morgan fingerprint density at radius 2 is 1.68 bits per heavy atom. The van der Waals surface area contributed by atoms with Gasteiger partial charge in [-0.05, 0) is 17.7 Å². The maximum Gasteiger partial charge on any atom is 0.416 e. The lowest BCUT2D eigenvalue weighted by Gasteiger charge is -2.07. The lowest BCUT2D eigenvalue weighted by molar-refractivity contribution is -0.137. The minimum absolute atomic E-state index is 0.340. The first kappa shape index (κ1) is 13.4. The maximum atomic E-state index is 12.4. The van der Waals surface area contributed by atoms with Gasteiger partial charge < -0.3 is 5.11 Å². The molecule has 3 nitrogen and oxygen atoms in total. The fourth-order valence-corrected chi connectivity index (χ4v) is 2.41. The van der Waals surface area contributed by atoms with Gasteiger partial charge in [-0.2, -0.15) is 23.7 Å². The molecule has 1 aliphatic carbocycles. The average Bonchev–Trinajstić information content (AvgIpc) is 3.06. The topological polar surface area (TPSA) is 67.8 Å². The number of alkyl halides is 3. The van der Waals surface area contributed by atoms with Gasteiger partial charge in [-0.1, -0.05) is 12.1 Å². The molecule has 1 aliphatic rings. The minimum Gasteiger partial charge on any atom is -0.396 e. The van der Waals surface area contributed by atoms with Gasteiger partial charge >= 0.3 is 6.18 Å². The van der Waals surface area contributed by atoms with E-state index >= 15 is 0 Å². The smallest absolute Gasteiger partial charge is 0.396 e. The van der Waals surface area contributed by atoms with Crippen LogP contribution in [0.5, 0.6) is 0 Å². The molecule has 1 N–H and O–H groups in total. The summed E-state index contributed by atoms with van der Waals surface area (Å²) in [4.78, 5) is 0. The summed E-state index contributed by atoms with van der Waals surface area (Å²) in [6, 6.07) is 8.06. The normalized spacial score (nSPS) is 24.3. The quantitative estimate of drug-likeness (QED) is 0.893. The molecular formula is C13H9F3N2O. The highest BCUT2D eigenvalue weighted by molar-refractivity contribution is 5.45. The summed E-state index contributed by atoms with van der Waals surface area (Å²) in [5.74, 6) is -1.07. The SMILES string of the molecule is N#CC1(C#N)C(CO)C1c1ccc(C(F)(F)F)cc1. The van der Waals surface area contributed by atoms with Crippen LogP contribution in [0.1, 0.15) is 17.0 Å². The molecule has 0 aliphatic heterocycles. The molecule has 2 atom stereocenters. The van der Waals surface area contributed by atoms with Crippen molar-refractivity contribution in [1.82, 2.24) is 0 Å². The van der Waals surface area contributed by atoms with Crippen molar-refractivity contribution in [3.63, 3.8) is 0 Å². The van der Waals surface area contributed by atoms with Gasteiger partial charge in [0.1, 0.15) is 0 Å². The number of aliphatic hydroxyl groups is 1. The summed E-state index contributed by atoms with van der Waals surface area (Å²) in [6.07, 6.45) is -4.42. The molecule has 0 aromatic heterocycles. The van der Waals surface area contributed by atoms with E-state index in [1.807, 2.05) is 12.1 Å². The Kier molecular flexibility index (Phi) is 3.00. The van der Waals surface area contributed by atoms with Gasteiger partial charge in [-0.3, -0.25) is 0 Å². The van der Waals surface area contributed by atoms with Crippen molar-refractivity contribution in [2.45, 2.75) is 12.1 Å². The van der Waals surface area contributed by atoms with E-state index in [-0.39, 0.29) is 6.61 Å². The lowest BCUT2D eigenvalue weighted by Crippen LogP contribution is -2.04. The first-order chi connectivity index (χ1) is 8.90. The van der Waals surface area contributed by atoms with E-state index in [1.165, 1.54) is 12.1 Å². The molecule has 0 heterocycles. The molecule has 1 saturated carbocycles. The first-order valence-electron chi connectivity index (χ1n) is 5.51. The van der Waals surface area contributed by atoms with Crippen LogP contribution in [-0.2, 0) is 6.18 Å². The summed E-state index contributed by atoms with van der Waals surface area (Å²) in [5, 5.41) is 27.2. The largest absolute Gasteiger partial charge is 0.416 e. The highest BCUT2D eigenvalue weighted by Crippen LogP contribution is 2.63. The Hall–Kier alpha value is -2.05. The number of rotatable bonds is 2. The highest BCUT2D eigenvalue weighted by Gasteiger charge is 2.66. The van der Waals surface area contributed by atoms with Crippen molar-refractivity contribution in [3.05, 3.63) is 35.4 Å². The third-order valence-electron chi connectivity index (χ3n) is 3.53. The number of hydrogen-bond donors (Lipinski definition) is 1. The second-order valence-electron chi connectivity index (χ2n) is 4.48. The standard InChI is InChI=1S/C13H9F3N2O/c14-13(15,16)9-3-1-8(2-4-9)11-10(5-19)12(11,6-17)7-18/h1-4,10-11,19H,5H2. The molecule has 1 aromatic rings. The number of nitriles is 2. The van der Waals surface area contributed by atoms with Gasteiger partial charge in [0.25, 0.3) is 0 Å². The zero-order valence-corrected chi connectivity index (χ0v) is 9.65. The van der Waals surface area contributed by atoms with Crippen LogP contribution < -0.4 is 0 Å². The van der Waals surface area contributed by atoms with E-state index in [9.17, 15) is 13.2 Å². The Morgan fingerprint density at radius 1 is 1.16 bits per heavy atom. The Labute approximate surface area is 107 Å². The maximum absolute atomic E-state index is 12.4. The zero-order valence-electron chi connectivity index (χ0n) is 9.65. The summed E-state index contributed by atoms with van der Waals surface area (Å²) < 4.78 is 37.3. The minimum atomic E-state index is -4.42. The molecule has 0 saturated heterocycles. The fraction of sp³-hybridized carbons (Fsp3) is 0.385. The number of benzene rings is 1. The second kappa shape index (κ2) is 4.25. The highest BCUT2D eigenvalue weighted by atomic mass is 19.4. The molecule has 0 radical (unpaired) electrons. The van der Waals surface area contributed by atoms with Crippen LogP contribution in [0.3, 0.4) is 0 Å². The van der Waals surface area contributed by atoms with Crippen LogP contribution in [0, 0.1) is 34.0 Å². The van der Waals surface area contributed by atoms with E-state index < -0.39 is 29.0 Å². The van der Waals surface area contributed by atoms with E-state index in [1.54, 1.807) is 0 Å². The van der Waals surface area contributed by atoms with Crippen molar-refractivity contribution in [2.75, 3.05) is 6.61 Å². The molecule has 1 fully saturated rings. The second-order valence-corrected chi connectivity index (χ2v) is 4.48. The Morgan fingerprint density at radius 3 is 2.00 bits per heavy atom. The van der Waals surface area contributed by atoms with Crippen molar-refractivity contribution < 1.29 is 18.3 Å². The monoisotopic (exact) mass is 266 g/mol. The van der Waals surface area contributed by atoms with Crippen LogP contribution in [0.2, 0.25) is 0 Å². The summed E-state index contributed by atoms with van der Waals surface area (Å²) in [7, 11) is 0. The number of halogens is 3. The van der Waals surface area contributed by atoms with Gasteiger partial charge in [0, 0.05) is 18.4 Å². The van der Waals surface area contributed by atoms with Crippen molar-refractivity contribution in [2.24, 2.45) is 11.3 Å². The van der Waals surface area contributed by atoms with E-state index in [4.69, 9.17) is 15.6 Å². The Bertz CT molecular complexity index is 552. The molecule has 98 valence electrons. The molecule has 1 aromatic carbocycles. The number of aliphatic hydroxyl groups excluding tert-OH is 1.